The second kappa shape index (κ2) is 2.97. The lowest BCUT2D eigenvalue weighted by atomic mass is 9.81. The van der Waals surface area contributed by atoms with Crippen LogP contribution in [0.15, 0.2) is 18.2 Å². The summed E-state index contributed by atoms with van der Waals surface area (Å²) in [5.41, 5.74) is 1.26. The first-order valence-electron chi connectivity index (χ1n) is 4.92. The summed E-state index contributed by atoms with van der Waals surface area (Å²) in [7, 11) is 0. The third-order valence-corrected chi connectivity index (χ3v) is 3.54. The molecule has 2 aliphatic rings. The van der Waals surface area contributed by atoms with Crippen LogP contribution in [-0.2, 0) is 14.9 Å². The number of hydrogen-bond donors (Lipinski definition) is 1. The van der Waals surface area contributed by atoms with E-state index in [0.29, 0.717) is 18.2 Å². The Morgan fingerprint density at radius 2 is 2.33 bits per heavy atom. The van der Waals surface area contributed by atoms with E-state index in [1.807, 2.05) is 12.1 Å². The molecule has 3 nitrogen and oxygen atoms in total. The topological polar surface area (TPSA) is 38.3 Å². The quantitative estimate of drug-likeness (QED) is 0.730. The molecule has 2 aliphatic heterocycles. The van der Waals surface area contributed by atoms with Crippen molar-refractivity contribution in [2.24, 2.45) is 0 Å². The van der Waals surface area contributed by atoms with E-state index < -0.39 is 5.41 Å². The van der Waals surface area contributed by atoms with Crippen LogP contribution < -0.4 is 5.32 Å². The van der Waals surface area contributed by atoms with Crippen molar-refractivity contribution in [2.45, 2.75) is 11.8 Å². The van der Waals surface area contributed by atoms with Crippen molar-refractivity contribution in [3.63, 3.8) is 0 Å². The minimum absolute atomic E-state index is 0.0168. The van der Waals surface area contributed by atoms with Crippen LogP contribution in [-0.4, -0.2) is 19.1 Å². The molecule has 15 heavy (non-hydrogen) atoms. The van der Waals surface area contributed by atoms with Gasteiger partial charge in [0.05, 0.1) is 17.3 Å². The molecule has 1 aromatic carbocycles. The van der Waals surface area contributed by atoms with Gasteiger partial charge in [-0.25, -0.2) is 0 Å². The Hall–Kier alpha value is -1.06. The second-order valence-corrected chi connectivity index (χ2v) is 4.41. The highest BCUT2D eigenvalue weighted by Crippen LogP contribution is 2.45. The summed E-state index contributed by atoms with van der Waals surface area (Å²) in [5.74, 6) is 0.0168. The summed E-state index contributed by atoms with van der Waals surface area (Å²) in [6.45, 7) is 1.10. The number of benzene rings is 1. The number of halogens is 1. The van der Waals surface area contributed by atoms with E-state index in [2.05, 4.69) is 5.32 Å². The molecular weight excluding hydrogens is 214 g/mol. The van der Waals surface area contributed by atoms with E-state index in [4.69, 9.17) is 16.3 Å². The van der Waals surface area contributed by atoms with Gasteiger partial charge in [0.15, 0.2) is 0 Å². The van der Waals surface area contributed by atoms with Gasteiger partial charge < -0.3 is 10.1 Å². The Bertz CT molecular complexity index is 438. The number of anilines is 1. The first kappa shape index (κ1) is 9.19. The first-order valence-corrected chi connectivity index (χ1v) is 5.30. The minimum atomic E-state index is -0.486. The zero-order valence-corrected chi connectivity index (χ0v) is 8.80. The van der Waals surface area contributed by atoms with Crippen LogP contribution in [0.5, 0.6) is 0 Å². The monoisotopic (exact) mass is 223 g/mol. The van der Waals surface area contributed by atoms with E-state index >= 15 is 0 Å². The molecule has 0 aliphatic carbocycles. The molecule has 1 spiro atoms. The van der Waals surface area contributed by atoms with Crippen molar-refractivity contribution >= 4 is 23.2 Å². The normalized spacial score (nSPS) is 28.2. The Morgan fingerprint density at radius 3 is 3.07 bits per heavy atom. The van der Waals surface area contributed by atoms with Crippen molar-refractivity contribution in [3.8, 4) is 0 Å². The summed E-state index contributed by atoms with van der Waals surface area (Å²) in [5, 5.41) is 3.45. The molecular formula is C11H10ClNO2. The number of amides is 1. The lowest BCUT2D eigenvalue weighted by molar-refractivity contribution is -0.120. The van der Waals surface area contributed by atoms with Gasteiger partial charge in [-0.3, -0.25) is 4.79 Å². The lowest BCUT2D eigenvalue weighted by Crippen LogP contribution is -2.34. The second-order valence-electron chi connectivity index (χ2n) is 4.00. The molecule has 0 saturated carbocycles. The van der Waals surface area contributed by atoms with Crippen LogP contribution >= 0.6 is 11.6 Å². The fourth-order valence-electron chi connectivity index (χ4n) is 2.36. The number of nitrogens with one attached hydrogen (secondary N) is 1. The zero-order chi connectivity index (χ0) is 10.5. The van der Waals surface area contributed by atoms with Crippen LogP contribution in [0.1, 0.15) is 12.0 Å². The maximum atomic E-state index is 12.0. The smallest absolute Gasteiger partial charge is 0.237 e. The molecule has 3 rings (SSSR count). The molecule has 0 aromatic heterocycles. The van der Waals surface area contributed by atoms with Gasteiger partial charge in [0.25, 0.3) is 0 Å². The van der Waals surface area contributed by atoms with Crippen molar-refractivity contribution in [3.05, 3.63) is 28.8 Å². The van der Waals surface area contributed by atoms with Gasteiger partial charge in [-0.05, 0) is 18.1 Å². The minimum Gasteiger partial charge on any atom is -0.380 e. The molecule has 1 aromatic rings. The predicted molar refractivity (Wildman–Crippen MR) is 57.2 cm³/mol. The fourth-order valence-corrected chi connectivity index (χ4v) is 2.58. The maximum Gasteiger partial charge on any atom is 0.237 e. The van der Waals surface area contributed by atoms with Crippen molar-refractivity contribution in [1.82, 2.24) is 0 Å². The molecule has 1 N–H and O–H groups in total. The van der Waals surface area contributed by atoms with Gasteiger partial charge in [-0.2, -0.15) is 0 Å². The number of carbonyl (C=O) groups excluding carboxylic acids is 1. The molecule has 1 unspecified atom stereocenters. The van der Waals surface area contributed by atoms with Crippen LogP contribution in [0.2, 0.25) is 5.02 Å². The van der Waals surface area contributed by atoms with Crippen LogP contribution in [0.4, 0.5) is 5.69 Å². The predicted octanol–water partition coefficient (Wildman–Crippen LogP) is 1.95. The molecule has 1 atom stereocenters. The number of para-hydroxylation sites is 1. The number of rotatable bonds is 0. The number of ether oxygens (including phenoxy) is 1. The van der Waals surface area contributed by atoms with Crippen LogP contribution in [0.3, 0.4) is 0 Å². The maximum absolute atomic E-state index is 12.0. The zero-order valence-electron chi connectivity index (χ0n) is 8.05. The molecule has 0 radical (unpaired) electrons. The summed E-state index contributed by atoms with van der Waals surface area (Å²) in [6, 6.07) is 5.62. The third kappa shape index (κ3) is 1.08. The molecule has 1 saturated heterocycles. The van der Waals surface area contributed by atoms with Crippen molar-refractivity contribution < 1.29 is 9.53 Å². The summed E-state index contributed by atoms with van der Waals surface area (Å²) in [6.07, 6.45) is 0.742. The Labute approximate surface area is 92.4 Å². The number of fused-ring (bicyclic) bond motifs is 2. The largest absolute Gasteiger partial charge is 0.380 e. The van der Waals surface area contributed by atoms with Crippen molar-refractivity contribution in [1.29, 1.82) is 0 Å². The van der Waals surface area contributed by atoms with Gasteiger partial charge in [0.2, 0.25) is 5.91 Å². The Balaban J connectivity index is 2.21. The fraction of sp³-hybridized carbons (Fsp3) is 0.364. The summed E-state index contributed by atoms with van der Waals surface area (Å²) < 4.78 is 5.35. The van der Waals surface area contributed by atoms with Gasteiger partial charge in [-0.1, -0.05) is 23.7 Å². The molecule has 2 heterocycles. The number of carbonyl (C=O) groups is 1. The van der Waals surface area contributed by atoms with E-state index in [1.54, 1.807) is 6.07 Å². The SMILES string of the molecule is O=C1Nc2c(Cl)cccc2C12CCOC2. The van der Waals surface area contributed by atoms with Gasteiger partial charge in [0.1, 0.15) is 5.41 Å². The molecule has 4 heteroatoms. The Kier molecular flexibility index (Phi) is 1.82. The molecule has 1 fully saturated rings. The highest BCUT2D eigenvalue weighted by atomic mass is 35.5. The average Bonchev–Trinajstić information content (AvgIpc) is 2.79. The third-order valence-electron chi connectivity index (χ3n) is 3.22. The summed E-state index contributed by atoms with van der Waals surface area (Å²) >= 11 is 6.04. The highest BCUT2D eigenvalue weighted by Gasteiger charge is 2.49. The highest BCUT2D eigenvalue weighted by molar-refractivity contribution is 6.34. The Morgan fingerprint density at radius 1 is 1.47 bits per heavy atom. The van der Waals surface area contributed by atoms with Gasteiger partial charge >= 0.3 is 0 Å². The molecule has 0 bridgehead atoms. The van der Waals surface area contributed by atoms with Gasteiger partial charge in [-0.15, -0.1) is 0 Å². The standard InChI is InChI=1S/C11H10ClNO2/c12-8-3-1-2-7-9(8)13-10(14)11(7)4-5-15-6-11/h1-3H,4-6H2,(H,13,14). The van der Waals surface area contributed by atoms with E-state index in [1.165, 1.54) is 0 Å². The molecule has 78 valence electrons. The van der Waals surface area contributed by atoms with Crippen LogP contribution in [0.25, 0.3) is 0 Å². The average molecular weight is 224 g/mol. The van der Waals surface area contributed by atoms with Crippen LogP contribution in [0, 0.1) is 0 Å². The van der Waals surface area contributed by atoms with E-state index in [0.717, 1.165) is 17.7 Å². The van der Waals surface area contributed by atoms with E-state index in [9.17, 15) is 4.79 Å². The van der Waals surface area contributed by atoms with Crippen molar-refractivity contribution in [2.75, 3.05) is 18.5 Å². The first-order chi connectivity index (χ1) is 7.24. The van der Waals surface area contributed by atoms with E-state index in [-0.39, 0.29) is 5.91 Å². The summed E-state index contributed by atoms with van der Waals surface area (Å²) in [4.78, 5) is 12.0. The van der Waals surface area contributed by atoms with Gasteiger partial charge in [0, 0.05) is 6.61 Å². The molecule has 1 amide bonds. The lowest BCUT2D eigenvalue weighted by Gasteiger charge is -2.18. The number of hydrogen-bond acceptors (Lipinski definition) is 2.